The number of urea groups is 1. The average molecular weight is 263 g/mol. The lowest BCUT2D eigenvalue weighted by Gasteiger charge is -2.47. The van der Waals surface area contributed by atoms with Crippen LogP contribution in [0.5, 0.6) is 5.75 Å². The first-order valence-corrected chi connectivity index (χ1v) is 6.55. The van der Waals surface area contributed by atoms with Crippen molar-refractivity contribution in [3.63, 3.8) is 0 Å². The molecule has 19 heavy (non-hydrogen) atoms. The Labute approximate surface area is 113 Å². The summed E-state index contributed by atoms with van der Waals surface area (Å²) in [7, 11) is 1.60. The van der Waals surface area contributed by atoms with Crippen LogP contribution >= 0.6 is 0 Å². The second-order valence-corrected chi connectivity index (χ2v) is 5.13. The number of anilines is 1. The van der Waals surface area contributed by atoms with Gasteiger partial charge in [0.2, 0.25) is 0 Å². The third-order valence-electron chi connectivity index (χ3n) is 3.37. The number of benzene rings is 1. The minimum Gasteiger partial charge on any atom is -0.497 e. The summed E-state index contributed by atoms with van der Waals surface area (Å²) >= 11 is 0. The average Bonchev–Trinajstić information content (AvgIpc) is 2.36. The number of likely N-dealkylation sites (tertiary alicyclic amines) is 1. The van der Waals surface area contributed by atoms with Gasteiger partial charge in [-0.15, -0.1) is 0 Å². The molecule has 0 radical (unpaired) electrons. The van der Waals surface area contributed by atoms with Crippen LogP contribution in [0.4, 0.5) is 10.5 Å². The van der Waals surface area contributed by atoms with Gasteiger partial charge < -0.3 is 20.7 Å². The van der Waals surface area contributed by atoms with Crippen molar-refractivity contribution in [2.45, 2.75) is 25.3 Å². The maximum absolute atomic E-state index is 12.0. The van der Waals surface area contributed by atoms with Gasteiger partial charge in [0.1, 0.15) is 5.75 Å². The molecule has 0 bridgehead atoms. The molecule has 0 saturated carbocycles. The van der Waals surface area contributed by atoms with Gasteiger partial charge in [-0.3, -0.25) is 0 Å². The second-order valence-electron chi connectivity index (χ2n) is 5.13. The summed E-state index contributed by atoms with van der Waals surface area (Å²) in [5.41, 5.74) is 6.68. The van der Waals surface area contributed by atoms with E-state index in [1.165, 1.54) is 0 Å². The number of ether oxygens (including phenoxy) is 1. The van der Waals surface area contributed by atoms with E-state index in [-0.39, 0.29) is 11.6 Å². The summed E-state index contributed by atoms with van der Waals surface area (Å²) < 4.78 is 5.12. The molecule has 1 aromatic rings. The normalized spacial score (nSPS) is 16.7. The van der Waals surface area contributed by atoms with Crippen LogP contribution in [0.25, 0.3) is 0 Å². The van der Waals surface area contributed by atoms with Crippen LogP contribution in [-0.2, 0) is 0 Å². The van der Waals surface area contributed by atoms with Gasteiger partial charge in [-0.1, -0.05) is 19.4 Å². The Balaban J connectivity index is 1.89. The smallest absolute Gasteiger partial charge is 0.321 e. The Hall–Kier alpha value is -1.75. The predicted molar refractivity (Wildman–Crippen MR) is 75.4 cm³/mol. The summed E-state index contributed by atoms with van der Waals surface area (Å²) in [4.78, 5) is 13.7. The fourth-order valence-corrected chi connectivity index (χ4v) is 2.42. The number of nitrogens with one attached hydrogen (secondary N) is 1. The number of methoxy groups -OCH3 is 1. The zero-order valence-corrected chi connectivity index (χ0v) is 11.5. The minimum absolute atomic E-state index is 0.106. The summed E-state index contributed by atoms with van der Waals surface area (Å²) in [6.45, 7) is 3.35. The molecule has 104 valence electrons. The lowest BCUT2D eigenvalue weighted by Crippen LogP contribution is -2.69. The van der Waals surface area contributed by atoms with Crippen LogP contribution in [0.3, 0.4) is 0 Å². The molecule has 1 aromatic carbocycles. The number of rotatable bonds is 4. The maximum atomic E-state index is 12.0. The van der Waals surface area contributed by atoms with Gasteiger partial charge in [-0.2, -0.15) is 0 Å². The van der Waals surface area contributed by atoms with E-state index in [2.05, 4.69) is 12.2 Å². The number of carbonyl (C=O) groups excluding carboxylic acids is 1. The van der Waals surface area contributed by atoms with E-state index in [1.54, 1.807) is 18.1 Å². The Kier molecular flexibility index (Phi) is 3.95. The van der Waals surface area contributed by atoms with Crippen LogP contribution in [0.2, 0.25) is 0 Å². The topological polar surface area (TPSA) is 67.6 Å². The molecule has 1 heterocycles. The molecular weight excluding hydrogens is 242 g/mol. The Morgan fingerprint density at radius 2 is 2.26 bits per heavy atom. The van der Waals surface area contributed by atoms with Crippen molar-refractivity contribution >= 4 is 11.7 Å². The van der Waals surface area contributed by atoms with Crippen LogP contribution in [0.1, 0.15) is 19.8 Å². The number of hydrogen-bond acceptors (Lipinski definition) is 3. The van der Waals surface area contributed by atoms with Crippen LogP contribution in [0, 0.1) is 0 Å². The molecule has 1 aliphatic heterocycles. The van der Waals surface area contributed by atoms with Gasteiger partial charge in [0, 0.05) is 24.8 Å². The lowest BCUT2D eigenvalue weighted by atomic mass is 9.87. The monoisotopic (exact) mass is 263 g/mol. The van der Waals surface area contributed by atoms with E-state index in [0.717, 1.165) is 24.3 Å². The summed E-state index contributed by atoms with van der Waals surface area (Å²) in [6.07, 6.45) is 2.00. The van der Waals surface area contributed by atoms with Gasteiger partial charge in [0.05, 0.1) is 12.6 Å². The standard InChI is InChI=1S/C14H21N3O2/c1-3-7-14(15)9-17(10-14)13(18)16-11-5-4-6-12(8-11)19-2/h4-6,8H,3,7,9-10,15H2,1-2H3,(H,16,18). The molecule has 2 amide bonds. The third-order valence-corrected chi connectivity index (χ3v) is 3.37. The van der Waals surface area contributed by atoms with Crippen LogP contribution in [0.15, 0.2) is 24.3 Å². The van der Waals surface area contributed by atoms with E-state index in [0.29, 0.717) is 13.1 Å². The summed E-state index contributed by atoms with van der Waals surface area (Å²) in [5.74, 6) is 0.723. The number of hydrogen-bond donors (Lipinski definition) is 2. The van der Waals surface area contributed by atoms with Crippen LogP contribution < -0.4 is 15.8 Å². The zero-order valence-electron chi connectivity index (χ0n) is 11.5. The summed E-state index contributed by atoms with van der Waals surface area (Å²) in [5, 5.41) is 2.85. The largest absolute Gasteiger partial charge is 0.497 e. The molecule has 0 aliphatic carbocycles. The highest BCUT2D eigenvalue weighted by Gasteiger charge is 2.41. The van der Waals surface area contributed by atoms with Crippen molar-refractivity contribution in [2.75, 3.05) is 25.5 Å². The van der Waals surface area contributed by atoms with E-state index >= 15 is 0 Å². The highest BCUT2D eigenvalue weighted by molar-refractivity contribution is 5.90. The van der Waals surface area contributed by atoms with Gasteiger partial charge in [-0.05, 0) is 18.6 Å². The van der Waals surface area contributed by atoms with Crippen molar-refractivity contribution in [1.29, 1.82) is 0 Å². The van der Waals surface area contributed by atoms with E-state index in [4.69, 9.17) is 10.5 Å². The number of nitrogens with two attached hydrogens (primary N) is 1. The third kappa shape index (κ3) is 3.17. The minimum atomic E-state index is -0.194. The molecule has 5 nitrogen and oxygen atoms in total. The van der Waals surface area contributed by atoms with Crippen molar-refractivity contribution in [3.05, 3.63) is 24.3 Å². The maximum Gasteiger partial charge on any atom is 0.321 e. The molecule has 1 aliphatic rings. The van der Waals surface area contributed by atoms with Gasteiger partial charge in [0.25, 0.3) is 0 Å². The highest BCUT2D eigenvalue weighted by Crippen LogP contribution is 2.24. The van der Waals surface area contributed by atoms with Crippen molar-refractivity contribution < 1.29 is 9.53 Å². The molecule has 0 spiro atoms. The fourth-order valence-electron chi connectivity index (χ4n) is 2.42. The first-order valence-electron chi connectivity index (χ1n) is 6.55. The molecule has 0 aromatic heterocycles. The number of nitrogens with zero attached hydrogens (tertiary/aromatic N) is 1. The van der Waals surface area contributed by atoms with Crippen molar-refractivity contribution in [1.82, 2.24) is 4.90 Å². The quantitative estimate of drug-likeness (QED) is 0.873. The first-order chi connectivity index (χ1) is 9.06. The molecule has 0 atom stereocenters. The highest BCUT2D eigenvalue weighted by atomic mass is 16.5. The molecular formula is C14H21N3O2. The first kappa shape index (κ1) is 13.7. The Morgan fingerprint density at radius 3 is 2.89 bits per heavy atom. The summed E-state index contributed by atoms with van der Waals surface area (Å²) in [6, 6.07) is 7.20. The number of amides is 2. The van der Waals surface area contributed by atoms with Crippen molar-refractivity contribution in [2.24, 2.45) is 5.73 Å². The molecule has 1 fully saturated rings. The van der Waals surface area contributed by atoms with E-state index in [1.807, 2.05) is 18.2 Å². The molecule has 3 N–H and O–H groups in total. The van der Waals surface area contributed by atoms with Gasteiger partial charge in [0.15, 0.2) is 0 Å². The Bertz CT molecular complexity index is 456. The predicted octanol–water partition coefficient (Wildman–Crippen LogP) is 2.04. The Morgan fingerprint density at radius 1 is 1.53 bits per heavy atom. The SMILES string of the molecule is CCCC1(N)CN(C(=O)Nc2cccc(OC)c2)C1. The number of carbonyl (C=O) groups is 1. The van der Waals surface area contributed by atoms with Gasteiger partial charge in [-0.25, -0.2) is 4.79 Å². The lowest BCUT2D eigenvalue weighted by molar-refractivity contribution is 0.0980. The van der Waals surface area contributed by atoms with Crippen molar-refractivity contribution in [3.8, 4) is 5.75 Å². The molecule has 5 heteroatoms. The molecule has 1 saturated heterocycles. The fraction of sp³-hybridized carbons (Fsp3) is 0.500. The van der Waals surface area contributed by atoms with Crippen LogP contribution in [-0.4, -0.2) is 36.7 Å². The zero-order chi connectivity index (χ0) is 13.9. The van der Waals surface area contributed by atoms with E-state index < -0.39 is 0 Å². The van der Waals surface area contributed by atoms with Gasteiger partial charge >= 0.3 is 6.03 Å². The molecule has 0 unspecified atom stereocenters. The second kappa shape index (κ2) is 5.48. The van der Waals surface area contributed by atoms with E-state index in [9.17, 15) is 4.79 Å². The molecule has 2 rings (SSSR count).